The van der Waals surface area contributed by atoms with Crippen molar-refractivity contribution in [2.75, 3.05) is 5.32 Å². The molecule has 106 valence electrons. The summed E-state index contributed by atoms with van der Waals surface area (Å²) in [5.74, 6) is -0.524. The van der Waals surface area contributed by atoms with Crippen LogP contribution in [0.4, 0.5) is 15.8 Å². The van der Waals surface area contributed by atoms with Crippen LogP contribution in [0.25, 0.3) is 0 Å². The van der Waals surface area contributed by atoms with Crippen molar-refractivity contribution in [3.8, 4) is 0 Å². The molecular formula is C13H15FN4O2. The number of nitrogens with one attached hydrogen (secondary N) is 1. The van der Waals surface area contributed by atoms with Gasteiger partial charge in [-0.1, -0.05) is 0 Å². The van der Waals surface area contributed by atoms with Crippen molar-refractivity contribution in [1.29, 1.82) is 0 Å². The molecule has 1 unspecified atom stereocenters. The minimum atomic E-state index is -0.551. The van der Waals surface area contributed by atoms with Crippen LogP contribution in [-0.4, -0.2) is 14.7 Å². The monoisotopic (exact) mass is 278 g/mol. The van der Waals surface area contributed by atoms with Gasteiger partial charge in [-0.25, -0.2) is 4.39 Å². The standard InChI is InChI=1S/C13H15FN4O2/c1-8(11-7-17(3)16-9(11)2)15-13-6-10(18(19)20)4-5-12(13)14/h4-8,15H,1-3H3. The molecule has 2 aromatic rings. The topological polar surface area (TPSA) is 73.0 Å². The fraction of sp³-hybridized carbons (Fsp3) is 0.308. The highest BCUT2D eigenvalue weighted by Gasteiger charge is 2.16. The molecule has 6 nitrogen and oxygen atoms in total. The lowest BCUT2D eigenvalue weighted by molar-refractivity contribution is -0.384. The lowest BCUT2D eigenvalue weighted by Gasteiger charge is -2.15. The van der Waals surface area contributed by atoms with Crippen LogP contribution >= 0.6 is 0 Å². The first-order chi connectivity index (χ1) is 9.38. The molecule has 0 radical (unpaired) electrons. The molecule has 0 saturated carbocycles. The molecule has 0 aliphatic rings. The fourth-order valence-corrected chi connectivity index (χ4v) is 2.09. The van der Waals surface area contributed by atoms with E-state index in [0.717, 1.165) is 23.4 Å². The SMILES string of the molecule is Cc1nn(C)cc1C(C)Nc1cc([N+](=O)[O-])ccc1F. The van der Waals surface area contributed by atoms with Crippen LogP contribution in [0, 0.1) is 22.9 Å². The van der Waals surface area contributed by atoms with E-state index in [1.807, 2.05) is 20.0 Å². The Labute approximate surface area is 115 Å². The van der Waals surface area contributed by atoms with Gasteiger partial charge in [0.2, 0.25) is 0 Å². The summed E-state index contributed by atoms with van der Waals surface area (Å²) >= 11 is 0. The molecule has 0 amide bonds. The van der Waals surface area contributed by atoms with Gasteiger partial charge in [0.25, 0.3) is 5.69 Å². The van der Waals surface area contributed by atoms with E-state index in [-0.39, 0.29) is 17.4 Å². The molecule has 0 aliphatic carbocycles. The Kier molecular flexibility index (Phi) is 3.69. The Morgan fingerprint density at radius 1 is 1.50 bits per heavy atom. The van der Waals surface area contributed by atoms with Gasteiger partial charge in [0.1, 0.15) is 5.82 Å². The number of non-ortho nitro benzene ring substituents is 1. The maximum Gasteiger partial charge on any atom is 0.271 e. The molecule has 0 bridgehead atoms. The van der Waals surface area contributed by atoms with Crippen LogP contribution in [-0.2, 0) is 7.05 Å². The number of aryl methyl sites for hydroxylation is 2. The Bertz CT molecular complexity index is 654. The minimum absolute atomic E-state index is 0.106. The zero-order valence-electron chi connectivity index (χ0n) is 11.4. The number of nitro groups is 1. The van der Waals surface area contributed by atoms with Crippen molar-refractivity contribution in [2.24, 2.45) is 7.05 Å². The molecule has 1 heterocycles. The van der Waals surface area contributed by atoms with Crippen molar-refractivity contribution in [3.05, 3.63) is 51.6 Å². The Morgan fingerprint density at radius 3 is 2.75 bits per heavy atom. The van der Waals surface area contributed by atoms with Crippen LogP contribution in [0.2, 0.25) is 0 Å². The molecule has 1 N–H and O–H groups in total. The lowest BCUT2D eigenvalue weighted by Crippen LogP contribution is -2.08. The molecule has 0 saturated heterocycles. The van der Waals surface area contributed by atoms with Gasteiger partial charge in [0, 0.05) is 30.9 Å². The van der Waals surface area contributed by atoms with Gasteiger partial charge >= 0.3 is 0 Å². The second-order valence-corrected chi connectivity index (χ2v) is 4.63. The number of hydrogen-bond donors (Lipinski definition) is 1. The summed E-state index contributed by atoms with van der Waals surface area (Å²) in [4.78, 5) is 10.2. The van der Waals surface area contributed by atoms with Crippen LogP contribution in [0.15, 0.2) is 24.4 Å². The number of hydrogen-bond acceptors (Lipinski definition) is 4. The van der Waals surface area contributed by atoms with E-state index in [4.69, 9.17) is 0 Å². The summed E-state index contributed by atoms with van der Waals surface area (Å²) in [5, 5.41) is 17.9. The van der Waals surface area contributed by atoms with Gasteiger partial charge in [0.05, 0.1) is 22.3 Å². The van der Waals surface area contributed by atoms with Crippen molar-refractivity contribution < 1.29 is 9.31 Å². The molecular weight excluding hydrogens is 263 g/mol. The third kappa shape index (κ3) is 2.76. The first-order valence-electron chi connectivity index (χ1n) is 6.09. The van der Waals surface area contributed by atoms with Crippen molar-refractivity contribution in [3.63, 3.8) is 0 Å². The van der Waals surface area contributed by atoms with Crippen LogP contribution in [0.5, 0.6) is 0 Å². The third-order valence-corrected chi connectivity index (χ3v) is 3.05. The Balaban J connectivity index is 2.27. The molecule has 0 aliphatic heterocycles. The molecule has 20 heavy (non-hydrogen) atoms. The first-order valence-corrected chi connectivity index (χ1v) is 6.09. The van der Waals surface area contributed by atoms with Crippen LogP contribution in [0.1, 0.15) is 24.2 Å². The smallest absolute Gasteiger partial charge is 0.271 e. The molecule has 1 atom stereocenters. The zero-order valence-corrected chi connectivity index (χ0v) is 11.4. The highest BCUT2D eigenvalue weighted by atomic mass is 19.1. The van der Waals surface area contributed by atoms with E-state index in [1.54, 1.807) is 11.7 Å². The highest BCUT2D eigenvalue weighted by Crippen LogP contribution is 2.26. The summed E-state index contributed by atoms with van der Waals surface area (Å²) in [7, 11) is 1.80. The van der Waals surface area contributed by atoms with Gasteiger partial charge in [0.15, 0.2) is 0 Å². The summed E-state index contributed by atoms with van der Waals surface area (Å²) in [6.45, 7) is 3.71. The number of nitrogens with zero attached hydrogens (tertiary/aromatic N) is 3. The van der Waals surface area contributed by atoms with E-state index < -0.39 is 10.7 Å². The number of nitro benzene ring substituents is 1. The first kappa shape index (κ1) is 14.0. The van der Waals surface area contributed by atoms with Gasteiger partial charge in [-0.2, -0.15) is 5.10 Å². The van der Waals surface area contributed by atoms with Gasteiger partial charge in [-0.15, -0.1) is 0 Å². The van der Waals surface area contributed by atoms with Crippen molar-refractivity contribution in [1.82, 2.24) is 9.78 Å². The molecule has 0 spiro atoms. The predicted octanol–water partition coefficient (Wildman–Crippen LogP) is 2.95. The quantitative estimate of drug-likeness (QED) is 0.689. The van der Waals surface area contributed by atoms with E-state index in [2.05, 4.69) is 10.4 Å². The third-order valence-electron chi connectivity index (χ3n) is 3.05. The summed E-state index contributed by atoms with van der Waals surface area (Å²) in [5.41, 5.74) is 1.70. The fourth-order valence-electron chi connectivity index (χ4n) is 2.09. The van der Waals surface area contributed by atoms with Crippen molar-refractivity contribution >= 4 is 11.4 Å². The summed E-state index contributed by atoms with van der Waals surface area (Å²) in [6, 6.07) is 3.21. The van der Waals surface area contributed by atoms with Gasteiger partial charge < -0.3 is 5.32 Å². The lowest BCUT2D eigenvalue weighted by atomic mass is 10.1. The van der Waals surface area contributed by atoms with Crippen molar-refractivity contribution in [2.45, 2.75) is 19.9 Å². The molecule has 0 fully saturated rings. The van der Waals surface area contributed by atoms with E-state index in [9.17, 15) is 14.5 Å². The van der Waals surface area contributed by atoms with Gasteiger partial charge in [-0.05, 0) is 19.9 Å². The van der Waals surface area contributed by atoms with E-state index in [0.29, 0.717) is 0 Å². The van der Waals surface area contributed by atoms with Crippen LogP contribution < -0.4 is 5.32 Å². The molecule has 1 aromatic heterocycles. The van der Waals surface area contributed by atoms with E-state index >= 15 is 0 Å². The minimum Gasteiger partial charge on any atom is -0.376 e. The highest BCUT2D eigenvalue weighted by molar-refractivity contribution is 5.53. The molecule has 1 aromatic carbocycles. The second-order valence-electron chi connectivity index (χ2n) is 4.63. The maximum atomic E-state index is 13.7. The van der Waals surface area contributed by atoms with E-state index in [1.165, 1.54) is 6.07 Å². The number of anilines is 1. The normalized spacial score (nSPS) is 12.2. The largest absolute Gasteiger partial charge is 0.376 e. The van der Waals surface area contributed by atoms with Gasteiger partial charge in [-0.3, -0.25) is 14.8 Å². The molecule has 2 rings (SSSR count). The zero-order chi connectivity index (χ0) is 14.9. The predicted molar refractivity (Wildman–Crippen MR) is 73.0 cm³/mol. The number of aromatic nitrogens is 2. The Hall–Kier alpha value is -2.44. The Morgan fingerprint density at radius 2 is 2.20 bits per heavy atom. The van der Waals surface area contributed by atoms with Crippen LogP contribution in [0.3, 0.4) is 0 Å². The second kappa shape index (κ2) is 5.28. The summed E-state index contributed by atoms with van der Waals surface area (Å²) in [6.07, 6.45) is 1.84. The average Bonchev–Trinajstić information content (AvgIpc) is 2.71. The number of halogens is 1. The maximum absolute atomic E-state index is 13.7. The number of benzene rings is 1. The number of rotatable bonds is 4. The summed E-state index contributed by atoms with van der Waals surface area (Å²) < 4.78 is 15.4. The average molecular weight is 278 g/mol. The molecule has 7 heteroatoms.